The highest BCUT2D eigenvalue weighted by Gasteiger charge is 2.11. The van der Waals surface area contributed by atoms with Gasteiger partial charge in [0.05, 0.1) is 13.1 Å². The summed E-state index contributed by atoms with van der Waals surface area (Å²) in [6.45, 7) is 7.98. The van der Waals surface area contributed by atoms with Crippen molar-refractivity contribution in [2.24, 2.45) is 0 Å². The Morgan fingerprint density at radius 1 is 1.57 bits per heavy atom. The average molecular weight is 196 g/mol. The van der Waals surface area contributed by atoms with Gasteiger partial charge in [-0.25, -0.2) is 0 Å². The van der Waals surface area contributed by atoms with Crippen molar-refractivity contribution in [3.05, 3.63) is 0 Å². The van der Waals surface area contributed by atoms with E-state index in [4.69, 9.17) is 6.42 Å². The molecule has 3 nitrogen and oxygen atoms in total. The molecule has 0 aromatic carbocycles. The predicted octanol–water partition coefficient (Wildman–Crippen LogP) is 0.856. The quantitative estimate of drug-likeness (QED) is 0.639. The first kappa shape index (κ1) is 13.0. The van der Waals surface area contributed by atoms with Gasteiger partial charge in [-0.2, -0.15) is 0 Å². The molecule has 0 spiro atoms. The smallest absolute Gasteiger partial charge is 0.234 e. The SMILES string of the molecule is C#CCNC(=O)CN(CCC)C(C)C. The lowest BCUT2D eigenvalue weighted by atomic mass is 10.3. The van der Waals surface area contributed by atoms with Crippen molar-refractivity contribution in [3.63, 3.8) is 0 Å². The maximum Gasteiger partial charge on any atom is 0.234 e. The normalized spacial score (nSPS) is 10.3. The molecular formula is C11H20N2O. The molecule has 0 radical (unpaired) electrons. The van der Waals surface area contributed by atoms with Crippen LogP contribution in [0.3, 0.4) is 0 Å². The molecule has 0 atom stereocenters. The van der Waals surface area contributed by atoms with E-state index in [1.54, 1.807) is 0 Å². The second kappa shape index (κ2) is 7.40. The van der Waals surface area contributed by atoms with E-state index in [1.165, 1.54) is 0 Å². The van der Waals surface area contributed by atoms with Crippen LogP contribution >= 0.6 is 0 Å². The fraction of sp³-hybridized carbons (Fsp3) is 0.727. The molecule has 0 unspecified atom stereocenters. The molecule has 0 aliphatic rings. The zero-order valence-corrected chi connectivity index (χ0v) is 9.34. The van der Waals surface area contributed by atoms with Gasteiger partial charge in [-0.3, -0.25) is 9.69 Å². The Labute approximate surface area is 86.9 Å². The summed E-state index contributed by atoms with van der Waals surface area (Å²) in [4.78, 5) is 13.5. The molecule has 0 heterocycles. The Morgan fingerprint density at radius 3 is 2.64 bits per heavy atom. The van der Waals surface area contributed by atoms with Gasteiger partial charge < -0.3 is 5.32 Å². The summed E-state index contributed by atoms with van der Waals surface area (Å²) < 4.78 is 0. The summed E-state index contributed by atoms with van der Waals surface area (Å²) >= 11 is 0. The predicted molar refractivity (Wildman–Crippen MR) is 58.8 cm³/mol. The number of hydrogen-bond donors (Lipinski definition) is 1. The number of carbonyl (C=O) groups excluding carboxylic acids is 1. The summed E-state index contributed by atoms with van der Waals surface area (Å²) in [5.41, 5.74) is 0. The molecule has 0 bridgehead atoms. The van der Waals surface area contributed by atoms with Crippen LogP contribution in [-0.4, -0.2) is 36.5 Å². The Morgan fingerprint density at radius 2 is 2.21 bits per heavy atom. The number of terminal acetylenes is 1. The fourth-order valence-electron chi connectivity index (χ4n) is 1.20. The maximum absolute atomic E-state index is 11.3. The number of nitrogens with zero attached hydrogens (tertiary/aromatic N) is 1. The van der Waals surface area contributed by atoms with Crippen LogP contribution in [0.2, 0.25) is 0 Å². The molecule has 0 saturated carbocycles. The summed E-state index contributed by atoms with van der Waals surface area (Å²) in [5.74, 6) is 2.39. The van der Waals surface area contributed by atoms with Gasteiger partial charge >= 0.3 is 0 Å². The first-order valence-corrected chi connectivity index (χ1v) is 5.06. The molecule has 14 heavy (non-hydrogen) atoms. The summed E-state index contributed by atoms with van der Waals surface area (Å²) in [6, 6.07) is 0.395. The summed E-state index contributed by atoms with van der Waals surface area (Å²) in [7, 11) is 0. The number of rotatable bonds is 6. The van der Waals surface area contributed by atoms with Crippen LogP contribution < -0.4 is 5.32 Å². The van der Waals surface area contributed by atoms with Crippen LogP contribution in [0.4, 0.5) is 0 Å². The van der Waals surface area contributed by atoms with Crippen molar-refractivity contribution in [2.75, 3.05) is 19.6 Å². The van der Waals surface area contributed by atoms with Gasteiger partial charge in [-0.05, 0) is 26.8 Å². The molecular weight excluding hydrogens is 176 g/mol. The van der Waals surface area contributed by atoms with Gasteiger partial charge in [-0.1, -0.05) is 12.8 Å². The van der Waals surface area contributed by atoms with E-state index in [1.807, 2.05) is 0 Å². The number of carbonyl (C=O) groups is 1. The minimum atomic E-state index is 0.00472. The number of amides is 1. The zero-order valence-electron chi connectivity index (χ0n) is 9.34. The second-order valence-corrected chi connectivity index (χ2v) is 3.55. The van der Waals surface area contributed by atoms with Crippen LogP contribution in [0.5, 0.6) is 0 Å². The van der Waals surface area contributed by atoms with Gasteiger partial charge in [0.15, 0.2) is 0 Å². The summed E-state index contributed by atoms with van der Waals surface area (Å²) in [5, 5.41) is 2.66. The van der Waals surface area contributed by atoms with Crippen molar-refractivity contribution in [2.45, 2.75) is 33.2 Å². The first-order chi connectivity index (χ1) is 6.61. The Kier molecular flexibility index (Phi) is 6.87. The highest BCUT2D eigenvalue weighted by Crippen LogP contribution is 1.98. The van der Waals surface area contributed by atoms with Crippen molar-refractivity contribution in [1.82, 2.24) is 10.2 Å². The molecule has 1 amide bonds. The molecule has 3 heteroatoms. The largest absolute Gasteiger partial charge is 0.344 e. The second-order valence-electron chi connectivity index (χ2n) is 3.55. The third-order valence-corrected chi connectivity index (χ3v) is 1.98. The van der Waals surface area contributed by atoms with Gasteiger partial charge in [0.2, 0.25) is 5.91 Å². The molecule has 0 aliphatic carbocycles. The van der Waals surface area contributed by atoms with Crippen LogP contribution in [-0.2, 0) is 4.79 Å². The molecule has 0 saturated heterocycles. The summed E-state index contributed by atoms with van der Waals surface area (Å²) in [6.07, 6.45) is 6.10. The van der Waals surface area contributed by atoms with Crippen molar-refractivity contribution in [1.29, 1.82) is 0 Å². The molecule has 0 rings (SSSR count). The molecule has 80 valence electrons. The number of hydrogen-bond acceptors (Lipinski definition) is 2. The van der Waals surface area contributed by atoms with Gasteiger partial charge in [0.1, 0.15) is 0 Å². The monoisotopic (exact) mass is 196 g/mol. The third-order valence-electron chi connectivity index (χ3n) is 1.98. The third kappa shape index (κ3) is 5.60. The first-order valence-electron chi connectivity index (χ1n) is 5.06. The Balaban J connectivity index is 3.91. The molecule has 0 fully saturated rings. The molecule has 0 aliphatic heterocycles. The van der Waals surface area contributed by atoms with Crippen molar-refractivity contribution in [3.8, 4) is 12.3 Å². The van der Waals surface area contributed by atoms with E-state index in [0.29, 0.717) is 19.1 Å². The lowest BCUT2D eigenvalue weighted by Gasteiger charge is -2.24. The van der Waals surface area contributed by atoms with Crippen LogP contribution in [0.25, 0.3) is 0 Å². The minimum Gasteiger partial charge on any atom is -0.344 e. The molecule has 0 aromatic heterocycles. The van der Waals surface area contributed by atoms with E-state index < -0.39 is 0 Å². The van der Waals surface area contributed by atoms with E-state index in [-0.39, 0.29) is 5.91 Å². The highest BCUT2D eigenvalue weighted by molar-refractivity contribution is 5.78. The topological polar surface area (TPSA) is 32.3 Å². The lowest BCUT2D eigenvalue weighted by molar-refractivity contribution is -0.122. The Hall–Kier alpha value is -1.01. The van der Waals surface area contributed by atoms with Crippen molar-refractivity contribution < 1.29 is 4.79 Å². The number of nitrogens with one attached hydrogen (secondary N) is 1. The molecule has 1 N–H and O–H groups in total. The minimum absolute atomic E-state index is 0.00472. The molecule has 0 aromatic rings. The Bertz CT molecular complexity index is 206. The lowest BCUT2D eigenvalue weighted by Crippen LogP contribution is -2.41. The highest BCUT2D eigenvalue weighted by atomic mass is 16.2. The van der Waals surface area contributed by atoms with Crippen molar-refractivity contribution >= 4 is 5.91 Å². The van der Waals surface area contributed by atoms with E-state index >= 15 is 0 Å². The van der Waals surface area contributed by atoms with Crippen LogP contribution in [0.15, 0.2) is 0 Å². The van der Waals surface area contributed by atoms with Gasteiger partial charge in [-0.15, -0.1) is 6.42 Å². The fourth-order valence-corrected chi connectivity index (χ4v) is 1.20. The zero-order chi connectivity index (χ0) is 11.0. The maximum atomic E-state index is 11.3. The van der Waals surface area contributed by atoms with Crippen LogP contribution in [0, 0.1) is 12.3 Å². The van der Waals surface area contributed by atoms with E-state index in [9.17, 15) is 4.79 Å². The van der Waals surface area contributed by atoms with Gasteiger partial charge in [0.25, 0.3) is 0 Å². The van der Waals surface area contributed by atoms with Crippen LogP contribution in [0.1, 0.15) is 27.2 Å². The average Bonchev–Trinajstić information content (AvgIpc) is 2.14. The van der Waals surface area contributed by atoms with Gasteiger partial charge in [0, 0.05) is 6.04 Å². The standard InChI is InChI=1S/C11H20N2O/c1-5-7-12-11(14)9-13(8-6-2)10(3)4/h1,10H,6-9H2,2-4H3,(H,12,14). The van der Waals surface area contributed by atoms with E-state index in [2.05, 4.69) is 36.9 Å². The van der Waals surface area contributed by atoms with E-state index in [0.717, 1.165) is 13.0 Å².